The van der Waals surface area contributed by atoms with Crippen LogP contribution in [0.2, 0.25) is 0 Å². The molecule has 2 aromatic rings. The Labute approximate surface area is 125 Å². The second-order valence-corrected chi connectivity index (χ2v) is 4.51. The van der Waals surface area contributed by atoms with E-state index < -0.39 is 23.7 Å². The Morgan fingerprint density at radius 2 is 1.95 bits per heavy atom. The van der Waals surface area contributed by atoms with Gasteiger partial charge >= 0.3 is 11.8 Å². The Hall–Kier alpha value is -2.67. The van der Waals surface area contributed by atoms with Gasteiger partial charge in [0.05, 0.1) is 12.0 Å². The summed E-state index contributed by atoms with van der Waals surface area (Å²) >= 11 is 0. The summed E-state index contributed by atoms with van der Waals surface area (Å²) in [7, 11) is 0. The van der Waals surface area contributed by atoms with Gasteiger partial charge < -0.3 is 20.2 Å². The largest absolute Gasteiger partial charge is 0.467 e. The van der Waals surface area contributed by atoms with Crippen molar-refractivity contribution in [1.82, 2.24) is 5.32 Å². The van der Waals surface area contributed by atoms with E-state index >= 15 is 0 Å². The zero-order valence-electron chi connectivity index (χ0n) is 11.6. The fourth-order valence-corrected chi connectivity index (χ4v) is 1.77. The Balaban J connectivity index is 1.77. The maximum Gasteiger partial charge on any atom is 0.313 e. The van der Waals surface area contributed by atoms with Crippen molar-refractivity contribution in [1.29, 1.82) is 0 Å². The van der Waals surface area contributed by atoms with Gasteiger partial charge in [-0.2, -0.15) is 0 Å². The Morgan fingerprint density at radius 3 is 2.64 bits per heavy atom. The minimum absolute atomic E-state index is 0.0710. The number of carbonyl (C=O) groups excluding carboxylic acids is 2. The van der Waals surface area contributed by atoms with Crippen LogP contribution >= 0.6 is 0 Å². The van der Waals surface area contributed by atoms with Crippen LogP contribution in [0.25, 0.3) is 0 Å². The lowest BCUT2D eigenvalue weighted by atomic mass is 10.2. The normalized spacial score (nSPS) is 11.7. The third-order valence-electron chi connectivity index (χ3n) is 2.90. The van der Waals surface area contributed by atoms with Crippen molar-refractivity contribution in [3.8, 4) is 0 Å². The number of para-hydroxylation sites is 1. The molecule has 7 heteroatoms. The first-order valence-corrected chi connectivity index (χ1v) is 6.63. The average Bonchev–Trinajstić information content (AvgIpc) is 3.03. The van der Waals surface area contributed by atoms with Crippen LogP contribution < -0.4 is 10.6 Å². The zero-order valence-corrected chi connectivity index (χ0v) is 11.6. The molecule has 2 amide bonds. The van der Waals surface area contributed by atoms with Crippen molar-refractivity contribution in [2.75, 3.05) is 11.9 Å². The molecule has 3 N–H and O–H groups in total. The van der Waals surface area contributed by atoms with Crippen LogP contribution in [0.15, 0.2) is 47.1 Å². The summed E-state index contributed by atoms with van der Waals surface area (Å²) in [6, 6.07) is 8.78. The summed E-state index contributed by atoms with van der Waals surface area (Å²) in [5, 5.41) is 14.2. The number of furan rings is 1. The van der Waals surface area contributed by atoms with Crippen LogP contribution in [-0.4, -0.2) is 23.5 Å². The number of benzene rings is 1. The molecule has 1 atom stereocenters. The van der Waals surface area contributed by atoms with E-state index in [0.717, 1.165) is 0 Å². The molecule has 0 saturated heterocycles. The number of anilines is 1. The molecule has 2 rings (SSSR count). The maximum absolute atomic E-state index is 13.3. The topological polar surface area (TPSA) is 91.6 Å². The van der Waals surface area contributed by atoms with Crippen molar-refractivity contribution in [3.63, 3.8) is 0 Å². The van der Waals surface area contributed by atoms with Crippen LogP contribution in [0.3, 0.4) is 0 Å². The Morgan fingerprint density at radius 1 is 1.18 bits per heavy atom. The van der Waals surface area contributed by atoms with Crippen molar-refractivity contribution in [2.45, 2.75) is 12.5 Å². The van der Waals surface area contributed by atoms with Gasteiger partial charge in [-0.15, -0.1) is 0 Å². The summed E-state index contributed by atoms with van der Waals surface area (Å²) in [5.41, 5.74) is -0.0710. The van der Waals surface area contributed by atoms with Crippen molar-refractivity contribution in [2.24, 2.45) is 0 Å². The van der Waals surface area contributed by atoms with Crippen LogP contribution in [0.4, 0.5) is 10.1 Å². The lowest BCUT2D eigenvalue weighted by Crippen LogP contribution is -2.36. The lowest BCUT2D eigenvalue weighted by Gasteiger charge is -2.09. The fourth-order valence-electron chi connectivity index (χ4n) is 1.77. The molecule has 116 valence electrons. The molecule has 0 aliphatic carbocycles. The SMILES string of the molecule is O=C(NCCC(O)c1ccco1)C(=O)Nc1ccccc1F. The van der Waals surface area contributed by atoms with Gasteiger partial charge in [-0.1, -0.05) is 12.1 Å². The number of halogens is 1. The highest BCUT2D eigenvalue weighted by Crippen LogP contribution is 2.15. The van der Waals surface area contributed by atoms with E-state index in [-0.39, 0.29) is 18.7 Å². The number of amides is 2. The third kappa shape index (κ3) is 4.16. The summed E-state index contributed by atoms with van der Waals surface area (Å²) in [4.78, 5) is 23.2. The lowest BCUT2D eigenvalue weighted by molar-refractivity contribution is -0.136. The first-order valence-electron chi connectivity index (χ1n) is 6.63. The van der Waals surface area contributed by atoms with Crippen LogP contribution in [0, 0.1) is 5.82 Å². The quantitative estimate of drug-likeness (QED) is 0.732. The number of hydrogen-bond donors (Lipinski definition) is 3. The average molecular weight is 306 g/mol. The zero-order chi connectivity index (χ0) is 15.9. The standard InChI is InChI=1S/C15H15FN2O4/c16-10-4-1-2-5-11(10)18-15(21)14(20)17-8-7-12(19)13-6-3-9-22-13/h1-6,9,12,19H,7-8H2,(H,17,20)(H,18,21). The first-order chi connectivity index (χ1) is 10.6. The maximum atomic E-state index is 13.3. The van der Waals surface area contributed by atoms with Crippen molar-refractivity contribution >= 4 is 17.5 Å². The van der Waals surface area contributed by atoms with E-state index in [2.05, 4.69) is 10.6 Å². The Bertz CT molecular complexity index is 643. The van der Waals surface area contributed by atoms with Crippen LogP contribution in [0.5, 0.6) is 0 Å². The molecular weight excluding hydrogens is 291 g/mol. The Kier molecular flexibility index (Phi) is 5.26. The third-order valence-corrected chi connectivity index (χ3v) is 2.90. The van der Waals surface area contributed by atoms with Gasteiger partial charge in [0.2, 0.25) is 0 Å². The van der Waals surface area contributed by atoms with E-state index in [9.17, 15) is 19.1 Å². The highest BCUT2D eigenvalue weighted by atomic mass is 19.1. The minimum atomic E-state index is -0.974. The molecule has 0 fully saturated rings. The molecule has 0 aliphatic rings. The number of nitrogens with one attached hydrogen (secondary N) is 2. The molecule has 1 aromatic heterocycles. The van der Waals surface area contributed by atoms with Crippen LogP contribution in [-0.2, 0) is 9.59 Å². The molecule has 0 aliphatic heterocycles. The van der Waals surface area contributed by atoms with Gasteiger partial charge in [0.1, 0.15) is 17.7 Å². The molecule has 0 saturated carbocycles. The molecule has 0 spiro atoms. The predicted octanol–water partition coefficient (Wildman–Crippen LogP) is 1.60. The number of hydrogen-bond acceptors (Lipinski definition) is 4. The second-order valence-electron chi connectivity index (χ2n) is 4.51. The van der Waals surface area contributed by atoms with E-state index in [1.165, 1.54) is 30.5 Å². The monoisotopic (exact) mass is 306 g/mol. The summed E-state index contributed by atoms with van der Waals surface area (Å²) in [6.45, 7) is 0.0748. The van der Waals surface area contributed by atoms with Gasteiger partial charge in [-0.05, 0) is 30.7 Å². The molecular formula is C15H15FN2O4. The molecule has 1 unspecified atom stereocenters. The summed E-state index contributed by atoms with van der Waals surface area (Å²) in [6.07, 6.45) is 0.746. The smallest absolute Gasteiger partial charge is 0.313 e. The minimum Gasteiger partial charge on any atom is -0.467 e. The number of aliphatic hydroxyl groups is 1. The highest BCUT2D eigenvalue weighted by molar-refractivity contribution is 6.39. The molecule has 1 heterocycles. The van der Waals surface area contributed by atoms with E-state index in [1.54, 1.807) is 12.1 Å². The molecule has 1 aromatic carbocycles. The van der Waals surface area contributed by atoms with Gasteiger partial charge in [-0.3, -0.25) is 9.59 Å². The summed E-state index contributed by atoms with van der Waals surface area (Å²) < 4.78 is 18.3. The molecule has 0 bridgehead atoms. The number of rotatable bonds is 5. The van der Waals surface area contributed by atoms with Crippen LogP contribution in [0.1, 0.15) is 18.3 Å². The molecule has 6 nitrogen and oxygen atoms in total. The first kappa shape index (κ1) is 15.7. The van der Waals surface area contributed by atoms with E-state index in [0.29, 0.717) is 5.76 Å². The van der Waals surface area contributed by atoms with Crippen molar-refractivity contribution < 1.29 is 23.5 Å². The van der Waals surface area contributed by atoms with E-state index in [4.69, 9.17) is 4.42 Å². The van der Waals surface area contributed by atoms with Gasteiger partial charge in [0, 0.05) is 6.54 Å². The highest BCUT2D eigenvalue weighted by Gasteiger charge is 2.16. The fraction of sp³-hybridized carbons (Fsp3) is 0.200. The number of carbonyl (C=O) groups is 2. The summed E-state index contributed by atoms with van der Waals surface area (Å²) in [5.74, 6) is -2.13. The van der Waals surface area contributed by atoms with Crippen molar-refractivity contribution in [3.05, 3.63) is 54.2 Å². The molecule has 0 radical (unpaired) electrons. The van der Waals surface area contributed by atoms with E-state index in [1.807, 2.05) is 0 Å². The van der Waals surface area contributed by atoms with Gasteiger partial charge in [0.15, 0.2) is 0 Å². The van der Waals surface area contributed by atoms with Gasteiger partial charge in [-0.25, -0.2) is 4.39 Å². The number of aliphatic hydroxyl groups excluding tert-OH is 1. The molecule has 22 heavy (non-hydrogen) atoms. The predicted molar refractivity (Wildman–Crippen MR) is 76.3 cm³/mol. The van der Waals surface area contributed by atoms with Gasteiger partial charge in [0.25, 0.3) is 0 Å². The second kappa shape index (κ2) is 7.37.